The highest BCUT2D eigenvalue weighted by Crippen LogP contribution is 2.35. The van der Waals surface area contributed by atoms with Crippen molar-refractivity contribution in [1.29, 1.82) is 0 Å². The molecule has 2 aliphatic rings. The number of hydrogen-bond donors (Lipinski definition) is 1. The highest BCUT2D eigenvalue weighted by Gasteiger charge is 2.44. The Morgan fingerprint density at radius 3 is 2.15 bits per heavy atom. The van der Waals surface area contributed by atoms with Gasteiger partial charge in [0.25, 0.3) is 11.8 Å². The van der Waals surface area contributed by atoms with Gasteiger partial charge in [-0.3, -0.25) is 34.3 Å². The minimum atomic E-state index is -0.982. The fourth-order valence-electron chi connectivity index (χ4n) is 6.31. The van der Waals surface area contributed by atoms with Crippen LogP contribution < -0.4 is 10.1 Å². The predicted octanol–water partition coefficient (Wildman–Crippen LogP) is 6.19. The molecule has 1 N–H and O–H groups in total. The zero-order valence-corrected chi connectivity index (χ0v) is 27.4. The minimum absolute atomic E-state index is 0.0849. The number of fused-ring (bicyclic) bond motifs is 1. The number of likely N-dealkylation sites (N-methyl/N-ethyl adjacent to an activating group) is 1. The number of halogens is 1. The van der Waals surface area contributed by atoms with Gasteiger partial charge in [-0.2, -0.15) is 0 Å². The lowest BCUT2D eigenvalue weighted by Crippen LogP contribution is -2.54. The third-order valence-electron chi connectivity index (χ3n) is 8.67. The van der Waals surface area contributed by atoms with Crippen molar-refractivity contribution in [3.63, 3.8) is 0 Å². The second-order valence-electron chi connectivity index (χ2n) is 12.0. The summed E-state index contributed by atoms with van der Waals surface area (Å²) in [7, 11) is 1.96. The molecule has 0 spiro atoms. The molecule has 0 aliphatic carbocycles. The predicted molar refractivity (Wildman–Crippen MR) is 186 cm³/mol. The van der Waals surface area contributed by atoms with Crippen LogP contribution in [0.15, 0.2) is 103 Å². The van der Waals surface area contributed by atoms with Crippen molar-refractivity contribution in [1.82, 2.24) is 15.1 Å². The third-order valence-corrected chi connectivity index (χ3v) is 8.86. The summed E-state index contributed by atoms with van der Waals surface area (Å²) in [5.41, 5.74) is 7.08. The van der Waals surface area contributed by atoms with Crippen LogP contribution in [0.25, 0.3) is 11.1 Å². The lowest BCUT2D eigenvalue weighted by atomic mass is 9.88. The van der Waals surface area contributed by atoms with Crippen molar-refractivity contribution in [2.24, 2.45) is 0 Å². The molecule has 1 fully saturated rings. The summed E-state index contributed by atoms with van der Waals surface area (Å²) in [6.07, 6.45) is 0.941. The van der Waals surface area contributed by atoms with Gasteiger partial charge in [0.05, 0.1) is 11.1 Å². The van der Waals surface area contributed by atoms with E-state index < -0.39 is 29.7 Å². The van der Waals surface area contributed by atoms with Gasteiger partial charge in [0, 0.05) is 25.4 Å². The van der Waals surface area contributed by atoms with E-state index in [9.17, 15) is 19.2 Å². The standard InChI is InChI=1S/C39H36ClN3O5/c1-42(25-26-12-17-32-33(24-26)39(47)43(38(32)46)34-18-19-35(44)41-37(34)45)22-23-48-30-15-13-29(14-16-30)36(28-10-6-3-7-11-28)31(20-21-40)27-8-4-2-5-9-27/h2-17,24,34H,18-23,25H2,1H3,(H,41,44,45). The van der Waals surface area contributed by atoms with Crippen LogP contribution in [0.3, 0.4) is 0 Å². The van der Waals surface area contributed by atoms with E-state index in [1.54, 1.807) is 12.1 Å². The average molecular weight is 662 g/mol. The molecule has 4 aromatic rings. The highest BCUT2D eigenvalue weighted by atomic mass is 35.5. The summed E-state index contributed by atoms with van der Waals surface area (Å²) in [6.45, 7) is 1.60. The number of carbonyl (C=O) groups excluding carboxylic acids is 4. The second-order valence-corrected chi connectivity index (χ2v) is 12.3. The van der Waals surface area contributed by atoms with Crippen LogP contribution >= 0.6 is 11.6 Å². The van der Waals surface area contributed by atoms with Crippen molar-refractivity contribution in [2.75, 3.05) is 26.1 Å². The van der Waals surface area contributed by atoms with E-state index in [-0.39, 0.29) is 24.0 Å². The molecule has 2 aliphatic heterocycles. The minimum Gasteiger partial charge on any atom is -0.492 e. The first kappa shape index (κ1) is 32.9. The molecular formula is C39H36ClN3O5. The lowest BCUT2D eigenvalue weighted by molar-refractivity contribution is -0.136. The number of hydrogen-bond acceptors (Lipinski definition) is 6. The van der Waals surface area contributed by atoms with Gasteiger partial charge in [-0.1, -0.05) is 78.9 Å². The molecule has 4 amide bonds. The Morgan fingerprint density at radius 2 is 1.48 bits per heavy atom. The van der Waals surface area contributed by atoms with E-state index in [4.69, 9.17) is 16.3 Å². The number of amides is 4. The first-order valence-electron chi connectivity index (χ1n) is 16.0. The van der Waals surface area contributed by atoms with Crippen LogP contribution in [0.1, 0.15) is 62.2 Å². The smallest absolute Gasteiger partial charge is 0.262 e. The Bertz CT molecular complexity index is 1860. The van der Waals surface area contributed by atoms with Crippen molar-refractivity contribution in [2.45, 2.75) is 31.8 Å². The van der Waals surface area contributed by atoms with Crippen LogP contribution in [-0.4, -0.2) is 65.5 Å². The average Bonchev–Trinajstić information content (AvgIpc) is 3.34. The first-order valence-corrected chi connectivity index (χ1v) is 16.5. The summed E-state index contributed by atoms with van der Waals surface area (Å²) in [5.74, 6) is -0.769. The maximum absolute atomic E-state index is 13.2. The van der Waals surface area contributed by atoms with Gasteiger partial charge in [0.2, 0.25) is 11.8 Å². The fourth-order valence-corrected chi connectivity index (χ4v) is 6.50. The summed E-state index contributed by atoms with van der Waals surface area (Å²) in [6, 6.07) is 33.0. The van der Waals surface area contributed by atoms with E-state index in [0.29, 0.717) is 25.6 Å². The second kappa shape index (κ2) is 14.8. The number of allylic oxidation sites excluding steroid dienone is 1. The van der Waals surface area contributed by atoms with Gasteiger partial charge in [0.15, 0.2) is 0 Å². The van der Waals surface area contributed by atoms with Gasteiger partial charge in [-0.05, 0) is 77.6 Å². The Labute approximate surface area is 285 Å². The molecule has 48 heavy (non-hydrogen) atoms. The van der Waals surface area contributed by atoms with Gasteiger partial charge in [0.1, 0.15) is 18.4 Å². The van der Waals surface area contributed by atoms with E-state index >= 15 is 0 Å². The number of alkyl halides is 1. The third kappa shape index (κ3) is 7.10. The molecule has 0 radical (unpaired) electrons. The Hall–Kier alpha value is -5.05. The molecule has 1 unspecified atom stereocenters. The number of benzene rings is 4. The maximum atomic E-state index is 13.2. The van der Waals surface area contributed by atoms with Crippen LogP contribution in [0, 0.1) is 0 Å². The van der Waals surface area contributed by atoms with Crippen LogP contribution in [-0.2, 0) is 16.1 Å². The van der Waals surface area contributed by atoms with E-state index in [0.717, 1.165) is 44.9 Å². The quantitative estimate of drug-likeness (QED) is 0.111. The highest BCUT2D eigenvalue weighted by molar-refractivity contribution is 6.23. The number of nitrogens with one attached hydrogen (secondary N) is 1. The molecule has 6 rings (SSSR count). The van der Waals surface area contributed by atoms with Crippen molar-refractivity contribution in [3.05, 3.63) is 137 Å². The molecule has 8 nitrogen and oxygen atoms in total. The lowest BCUT2D eigenvalue weighted by Gasteiger charge is -2.27. The normalized spacial score (nSPS) is 16.6. The van der Waals surface area contributed by atoms with Crippen LogP contribution in [0.5, 0.6) is 5.75 Å². The van der Waals surface area contributed by atoms with Crippen molar-refractivity contribution >= 4 is 46.4 Å². The molecule has 0 saturated carbocycles. The number of imide groups is 2. The largest absolute Gasteiger partial charge is 0.492 e. The van der Waals surface area contributed by atoms with E-state index in [1.807, 2.05) is 61.6 Å². The zero-order valence-electron chi connectivity index (χ0n) is 26.7. The maximum Gasteiger partial charge on any atom is 0.262 e. The summed E-state index contributed by atoms with van der Waals surface area (Å²) < 4.78 is 6.11. The van der Waals surface area contributed by atoms with E-state index in [1.165, 1.54) is 5.57 Å². The molecule has 0 bridgehead atoms. The summed E-state index contributed by atoms with van der Waals surface area (Å²) in [4.78, 5) is 53.2. The topological polar surface area (TPSA) is 96.0 Å². The Kier molecular flexibility index (Phi) is 10.1. The van der Waals surface area contributed by atoms with Gasteiger partial charge >= 0.3 is 0 Å². The molecule has 1 atom stereocenters. The number of carbonyl (C=O) groups is 4. The monoisotopic (exact) mass is 661 g/mol. The van der Waals surface area contributed by atoms with Crippen LogP contribution in [0.4, 0.5) is 0 Å². The zero-order chi connectivity index (χ0) is 33.6. The summed E-state index contributed by atoms with van der Waals surface area (Å²) in [5, 5.41) is 2.22. The number of ether oxygens (including phenoxy) is 1. The van der Waals surface area contributed by atoms with Gasteiger partial charge in [-0.15, -0.1) is 11.6 Å². The Morgan fingerprint density at radius 1 is 0.833 bits per heavy atom. The summed E-state index contributed by atoms with van der Waals surface area (Å²) >= 11 is 6.29. The van der Waals surface area contributed by atoms with Gasteiger partial charge in [-0.25, -0.2) is 0 Å². The molecule has 244 valence electrons. The van der Waals surface area contributed by atoms with E-state index in [2.05, 4.69) is 46.6 Å². The van der Waals surface area contributed by atoms with Crippen molar-refractivity contribution in [3.8, 4) is 5.75 Å². The molecule has 0 aromatic heterocycles. The van der Waals surface area contributed by atoms with Crippen molar-refractivity contribution < 1.29 is 23.9 Å². The molecule has 1 saturated heterocycles. The van der Waals surface area contributed by atoms with Crippen LogP contribution in [0.2, 0.25) is 0 Å². The SMILES string of the molecule is CN(CCOc1ccc(C(=C(CCCl)c2ccccc2)c2ccccc2)cc1)Cc1ccc2c(c1)C(=O)N(C1CCC(=O)NC1=O)C2=O. The number of rotatable bonds is 12. The number of nitrogens with zero attached hydrogens (tertiary/aromatic N) is 2. The molecule has 9 heteroatoms. The molecular weight excluding hydrogens is 626 g/mol. The van der Waals surface area contributed by atoms with Gasteiger partial charge < -0.3 is 4.74 Å². The number of piperidine rings is 1. The molecule has 4 aromatic carbocycles. The Balaban J connectivity index is 1.09. The fraction of sp³-hybridized carbons (Fsp3) is 0.231. The first-order chi connectivity index (χ1) is 23.3. The molecule has 2 heterocycles.